The predicted octanol–water partition coefficient (Wildman–Crippen LogP) is 4.55. The molecule has 2 aromatic rings. The van der Waals surface area contributed by atoms with E-state index < -0.39 is 5.82 Å². The average molecular weight is 289 g/mol. The van der Waals surface area contributed by atoms with E-state index in [2.05, 4.69) is 0 Å². The predicted molar refractivity (Wildman–Crippen MR) is 79.4 cm³/mol. The fraction of sp³-hybridized carbons (Fsp3) is 0.188. The van der Waals surface area contributed by atoms with Gasteiger partial charge < -0.3 is 4.90 Å². The summed E-state index contributed by atoms with van der Waals surface area (Å²) in [5, 5.41) is 9.58. The summed E-state index contributed by atoms with van der Waals surface area (Å²) >= 11 is 6.19. The Balaban J connectivity index is 2.36. The summed E-state index contributed by atoms with van der Waals surface area (Å²) in [5.74, 6) is -0.419. The molecule has 0 aromatic heterocycles. The largest absolute Gasteiger partial charge is 0.368 e. The van der Waals surface area contributed by atoms with E-state index in [4.69, 9.17) is 16.9 Å². The molecule has 0 amide bonds. The zero-order valence-corrected chi connectivity index (χ0v) is 12.0. The number of hydrogen-bond acceptors (Lipinski definition) is 2. The Kier molecular flexibility index (Phi) is 4.26. The zero-order valence-electron chi connectivity index (χ0n) is 11.3. The average Bonchev–Trinajstić information content (AvgIpc) is 2.45. The molecule has 0 fully saturated rings. The molecule has 0 spiro atoms. The zero-order chi connectivity index (χ0) is 14.7. The van der Waals surface area contributed by atoms with Crippen molar-refractivity contribution in [2.75, 3.05) is 11.9 Å². The standard InChI is InChI=1S/C16H14ClFN2/c1-11(15-5-3-4-6-16(15)17)20(2)14-8-12(10-19)7-13(18)9-14/h3-9,11H,1-2H3. The topological polar surface area (TPSA) is 27.0 Å². The Labute approximate surface area is 123 Å². The summed E-state index contributed by atoms with van der Waals surface area (Å²) in [6.45, 7) is 1.98. The molecule has 0 aliphatic rings. The molecule has 1 atom stereocenters. The molecule has 2 aromatic carbocycles. The summed E-state index contributed by atoms with van der Waals surface area (Å²) in [6.07, 6.45) is 0. The summed E-state index contributed by atoms with van der Waals surface area (Å²) in [5.41, 5.74) is 1.91. The third kappa shape index (κ3) is 2.92. The number of halogens is 2. The highest BCUT2D eigenvalue weighted by Crippen LogP contribution is 2.30. The summed E-state index contributed by atoms with van der Waals surface area (Å²) in [6, 6.07) is 13.8. The van der Waals surface area contributed by atoms with Crippen molar-refractivity contribution in [3.63, 3.8) is 0 Å². The van der Waals surface area contributed by atoms with E-state index >= 15 is 0 Å². The van der Waals surface area contributed by atoms with Crippen LogP contribution in [-0.2, 0) is 0 Å². The number of anilines is 1. The molecule has 0 bridgehead atoms. The quantitative estimate of drug-likeness (QED) is 0.828. The lowest BCUT2D eigenvalue weighted by molar-refractivity contribution is 0.625. The monoisotopic (exact) mass is 288 g/mol. The molecule has 4 heteroatoms. The Morgan fingerprint density at radius 3 is 2.60 bits per heavy atom. The van der Waals surface area contributed by atoms with Crippen molar-refractivity contribution in [2.24, 2.45) is 0 Å². The van der Waals surface area contributed by atoms with Crippen molar-refractivity contribution in [3.8, 4) is 6.07 Å². The van der Waals surface area contributed by atoms with Crippen LogP contribution >= 0.6 is 11.6 Å². The molecule has 102 valence electrons. The maximum Gasteiger partial charge on any atom is 0.126 e. The second-order valence-corrected chi connectivity index (χ2v) is 5.03. The van der Waals surface area contributed by atoms with E-state index in [1.165, 1.54) is 12.1 Å². The normalized spacial score (nSPS) is 11.8. The van der Waals surface area contributed by atoms with E-state index in [0.717, 1.165) is 5.56 Å². The second-order valence-electron chi connectivity index (χ2n) is 4.62. The molecule has 0 N–H and O–H groups in total. The second kappa shape index (κ2) is 5.94. The summed E-state index contributed by atoms with van der Waals surface area (Å²) in [4.78, 5) is 1.89. The first-order valence-corrected chi connectivity index (χ1v) is 6.58. The Morgan fingerprint density at radius 2 is 1.95 bits per heavy atom. The van der Waals surface area contributed by atoms with Gasteiger partial charge in [-0.1, -0.05) is 29.8 Å². The molecule has 1 unspecified atom stereocenters. The minimum absolute atomic E-state index is 0.0305. The third-order valence-electron chi connectivity index (χ3n) is 3.36. The molecule has 0 aliphatic carbocycles. The molecular formula is C16H14ClFN2. The van der Waals surface area contributed by atoms with E-state index in [0.29, 0.717) is 16.3 Å². The number of hydrogen-bond donors (Lipinski definition) is 0. The van der Waals surface area contributed by atoms with Gasteiger partial charge in [0.15, 0.2) is 0 Å². The molecule has 0 heterocycles. The maximum atomic E-state index is 13.5. The van der Waals surface area contributed by atoms with Crippen LogP contribution in [0.2, 0.25) is 5.02 Å². The van der Waals surface area contributed by atoms with Crippen molar-refractivity contribution in [1.82, 2.24) is 0 Å². The van der Waals surface area contributed by atoms with E-state index in [1.807, 2.05) is 49.2 Å². The SMILES string of the molecule is CC(c1ccccc1Cl)N(C)c1cc(F)cc(C#N)c1. The van der Waals surface area contributed by atoms with Gasteiger partial charge >= 0.3 is 0 Å². The molecule has 0 radical (unpaired) electrons. The Morgan fingerprint density at radius 1 is 1.25 bits per heavy atom. The minimum atomic E-state index is -0.419. The lowest BCUT2D eigenvalue weighted by atomic mass is 10.1. The highest BCUT2D eigenvalue weighted by Gasteiger charge is 2.16. The van der Waals surface area contributed by atoms with Crippen molar-refractivity contribution >= 4 is 17.3 Å². The van der Waals surface area contributed by atoms with E-state index in [1.54, 1.807) is 6.07 Å². The van der Waals surface area contributed by atoms with Gasteiger partial charge in [0.25, 0.3) is 0 Å². The first-order chi connectivity index (χ1) is 9.52. The minimum Gasteiger partial charge on any atom is -0.368 e. The lowest BCUT2D eigenvalue weighted by Crippen LogP contribution is -2.22. The van der Waals surface area contributed by atoms with Gasteiger partial charge in [0, 0.05) is 17.8 Å². The Bertz CT molecular complexity index is 664. The van der Waals surface area contributed by atoms with Gasteiger partial charge in [-0.3, -0.25) is 0 Å². The number of rotatable bonds is 3. The van der Waals surface area contributed by atoms with Crippen LogP contribution < -0.4 is 4.90 Å². The lowest BCUT2D eigenvalue weighted by Gasteiger charge is -2.28. The highest BCUT2D eigenvalue weighted by atomic mass is 35.5. The molecule has 2 nitrogen and oxygen atoms in total. The van der Waals surface area contributed by atoms with Gasteiger partial charge in [-0.05, 0) is 36.8 Å². The first-order valence-electron chi connectivity index (χ1n) is 6.21. The molecule has 2 rings (SSSR count). The molecular weight excluding hydrogens is 275 g/mol. The van der Waals surface area contributed by atoms with Gasteiger partial charge in [0.1, 0.15) is 5.82 Å². The first kappa shape index (κ1) is 14.4. The van der Waals surface area contributed by atoms with Crippen LogP contribution in [0.3, 0.4) is 0 Å². The van der Waals surface area contributed by atoms with Crippen molar-refractivity contribution < 1.29 is 4.39 Å². The van der Waals surface area contributed by atoms with Crippen LogP contribution in [0.15, 0.2) is 42.5 Å². The molecule has 20 heavy (non-hydrogen) atoms. The fourth-order valence-corrected chi connectivity index (χ4v) is 2.38. The molecule has 0 saturated carbocycles. The van der Waals surface area contributed by atoms with Crippen LogP contribution in [0.1, 0.15) is 24.1 Å². The van der Waals surface area contributed by atoms with Gasteiger partial charge in [0.05, 0.1) is 17.7 Å². The van der Waals surface area contributed by atoms with Gasteiger partial charge in [-0.2, -0.15) is 5.26 Å². The van der Waals surface area contributed by atoms with Gasteiger partial charge in [-0.15, -0.1) is 0 Å². The number of nitriles is 1. The maximum absolute atomic E-state index is 13.5. The smallest absolute Gasteiger partial charge is 0.126 e. The molecule has 0 saturated heterocycles. The van der Waals surface area contributed by atoms with Gasteiger partial charge in [-0.25, -0.2) is 4.39 Å². The number of nitrogens with zero attached hydrogens (tertiary/aromatic N) is 2. The van der Waals surface area contributed by atoms with Crippen molar-refractivity contribution in [2.45, 2.75) is 13.0 Å². The van der Waals surface area contributed by atoms with Gasteiger partial charge in [0.2, 0.25) is 0 Å². The Hall–Kier alpha value is -2.05. The number of benzene rings is 2. The van der Waals surface area contributed by atoms with Crippen molar-refractivity contribution in [3.05, 3.63) is 64.4 Å². The summed E-state index contributed by atoms with van der Waals surface area (Å²) in [7, 11) is 1.85. The fourth-order valence-electron chi connectivity index (χ4n) is 2.09. The highest BCUT2D eigenvalue weighted by molar-refractivity contribution is 6.31. The summed E-state index contributed by atoms with van der Waals surface area (Å²) < 4.78 is 13.5. The van der Waals surface area contributed by atoms with Crippen LogP contribution in [-0.4, -0.2) is 7.05 Å². The molecule has 0 aliphatic heterocycles. The third-order valence-corrected chi connectivity index (χ3v) is 3.70. The van der Waals surface area contributed by atoms with E-state index in [-0.39, 0.29) is 6.04 Å². The van der Waals surface area contributed by atoms with Crippen LogP contribution in [0.25, 0.3) is 0 Å². The van der Waals surface area contributed by atoms with Crippen LogP contribution in [0, 0.1) is 17.1 Å². The van der Waals surface area contributed by atoms with Crippen molar-refractivity contribution in [1.29, 1.82) is 5.26 Å². The van der Waals surface area contributed by atoms with Crippen LogP contribution in [0.4, 0.5) is 10.1 Å². The van der Waals surface area contributed by atoms with E-state index in [9.17, 15) is 4.39 Å². The van der Waals surface area contributed by atoms with Crippen LogP contribution in [0.5, 0.6) is 0 Å².